The van der Waals surface area contributed by atoms with E-state index < -0.39 is 31.0 Å². The molecule has 0 N–H and O–H groups in total. The Kier molecular flexibility index (Phi) is 4.64. The van der Waals surface area contributed by atoms with Gasteiger partial charge in [0.25, 0.3) is 0 Å². The number of allylic oxidation sites excluding steroid dienone is 1. The summed E-state index contributed by atoms with van der Waals surface area (Å²) in [5.74, 6) is 1.09. The van der Waals surface area contributed by atoms with E-state index in [0.29, 0.717) is 24.3 Å². The van der Waals surface area contributed by atoms with Crippen molar-refractivity contribution in [1.82, 2.24) is 0 Å². The first-order valence-corrected chi connectivity index (χ1v) is 12.8. The van der Waals surface area contributed by atoms with Crippen molar-refractivity contribution in [3.05, 3.63) is 52.4 Å². The van der Waals surface area contributed by atoms with E-state index in [1.807, 2.05) is 20.8 Å². The van der Waals surface area contributed by atoms with Gasteiger partial charge in [-0.05, 0) is 46.2 Å². The van der Waals surface area contributed by atoms with Gasteiger partial charge in [0.2, 0.25) is 9.84 Å². The van der Waals surface area contributed by atoms with Gasteiger partial charge >= 0.3 is 0 Å². The van der Waals surface area contributed by atoms with E-state index in [2.05, 4.69) is 6.92 Å². The van der Waals surface area contributed by atoms with Crippen LogP contribution in [0.5, 0.6) is 5.75 Å². The molecule has 0 saturated carbocycles. The molecule has 0 aliphatic carbocycles. The Morgan fingerprint density at radius 2 is 1.79 bits per heavy atom. The minimum atomic E-state index is -3.64. The first-order chi connectivity index (χ1) is 13.1. The summed E-state index contributed by atoms with van der Waals surface area (Å²) in [4.78, 5) is 1.07. The molecule has 1 spiro atoms. The number of thiophene rings is 1. The van der Waals surface area contributed by atoms with Crippen LogP contribution in [-0.2, 0) is 25.4 Å². The molecule has 0 saturated heterocycles. The van der Waals surface area contributed by atoms with Gasteiger partial charge in [0, 0.05) is 29.0 Å². The highest BCUT2D eigenvalue weighted by Gasteiger charge is 2.52. The fourth-order valence-electron chi connectivity index (χ4n) is 4.14. The molecule has 3 heterocycles. The SMILES string of the molecule is CC1=C(C)CC2(CC(C)(C)Oc3cc(S(=O)(=O)c4ccccc4)sc32)S(=O)C1. The molecular formula is C21H24O4S3. The lowest BCUT2D eigenvalue weighted by Crippen LogP contribution is -2.48. The van der Waals surface area contributed by atoms with Gasteiger partial charge < -0.3 is 4.74 Å². The maximum atomic E-state index is 13.4. The quantitative estimate of drug-likeness (QED) is 0.633. The number of hydrogen-bond acceptors (Lipinski definition) is 5. The van der Waals surface area contributed by atoms with Gasteiger partial charge in [-0.25, -0.2) is 8.42 Å². The summed E-state index contributed by atoms with van der Waals surface area (Å²) in [5, 5.41) is 0. The van der Waals surface area contributed by atoms with E-state index in [-0.39, 0.29) is 9.10 Å². The van der Waals surface area contributed by atoms with Crippen molar-refractivity contribution in [2.45, 2.75) is 60.0 Å². The smallest absolute Gasteiger partial charge is 0.216 e. The summed E-state index contributed by atoms with van der Waals surface area (Å²) in [6.07, 6.45) is 1.28. The predicted molar refractivity (Wildman–Crippen MR) is 113 cm³/mol. The van der Waals surface area contributed by atoms with Crippen LogP contribution in [0.15, 0.2) is 56.6 Å². The molecule has 2 unspecified atom stereocenters. The number of fused-ring (bicyclic) bond motifs is 2. The van der Waals surface area contributed by atoms with Gasteiger partial charge in [0.1, 0.15) is 15.6 Å². The van der Waals surface area contributed by atoms with E-state index in [0.717, 1.165) is 4.88 Å². The summed E-state index contributed by atoms with van der Waals surface area (Å²) in [5.41, 5.74) is 1.90. The Hall–Kier alpha value is -1.44. The molecule has 4 rings (SSSR count). The molecule has 0 bridgehead atoms. The number of ether oxygens (including phenoxy) is 1. The highest BCUT2D eigenvalue weighted by Crippen LogP contribution is 2.56. The molecule has 1 aromatic carbocycles. The van der Waals surface area contributed by atoms with E-state index in [4.69, 9.17) is 4.74 Å². The summed E-state index contributed by atoms with van der Waals surface area (Å²) in [6.45, 7) is 8.09. The third-order valence-electron chi connectivity index (χ3n) is 5.57. The van der Waals surface area contributed by atoms with Crippen LogP contribution in [0.25, 0.3) is 0 Å². The second-order valence-corrected chi connectivity index (χ2v) is 13.3. The van der Waals surface area contributed by atoms with Gasteiger partial charge in [-0.1, -0.05) is 29.3 Å². The molecule has 2 aromatic rings. The van der Waals surface area contributed by atoms with Crippen LogP contribution < -0.4 is 4.74 Å². The zero-order chi connectivity index (χ0) is 20.3. The second-order valence-electron chi connectivity index (χ2n) is 8.34. The van der Waals surface area contributed by atoms with E-state index in [9.17, 15) is 12.6 Å². The second kappa shape index (κ2) is 6.54. The van der Waals surface area contributed by atoms with Gasteiger partial charge in [-0.15, -0.1) is 11.3 Å². The lowest BCUT2D eigenvalue weighted by molar-refractivity contribution is 0.0658. The van der Waals surface area contributed by atoms with Crippen molar-refractivity contribution in [1.29, 1.82) is 0 Å². The molecule has 7 heteroatoms. The zero-order valence-corrected chi connectivity index (χ0v) is 18.9. The summed E-state index contributed by atoms with van der Waals surface area (Å²) >= 11 is 1.22. The van der Waals surface area contributed by atoms with E-state index in [1.165, 1.54) is 22.5 Å². The lowest BCUT2D eigenvalue weighted by atomic mass is 9.83. The van der Waals surface area contributed by atoms with Gasteiger partial charge in [-0.3, -0.25) is 4.21 Å². The number of rotatable bonds is 2. The molecule has 2 aliphatic heterocycles. The van der Waals surface area contributed by atoms with Crippen LogP contribution in [0.3, 0.4) is 0 Å². The Morgan fingerprint density at radius 3 is 2.46 bits per heavy atom. The molecule has 0 fully saturated rings. The molecule has 4 nitrogen and oxygen atoms in total. The number of hydrogen-bond donors (Lipinski definition) is 0. The van der Waals surface area contributed by atoms with Crippen LogP contribution >= 0.6 is 11.3 Å². The molecule has 150 valence electrons. The molecule has 0 amide bonds. The summed E-state index contributed by atoms with van der Waals surface area (Å²) in [6, 6.07) is 10.1. The number of sulfone groups is 1. The molecule has 28 heavy (non-hydrogen) atoms. The maximum Gasteiger partial charge on any atom is 0.216 e. The first-order valence-electron chi connectivity index (χ1n) is 9.22. The average Bonchev–Trinajstić information content (AvgIpc) is 3.05. The standard InChI is InChI=1S/C21H24O4S3/c1-14-11-21(27(22)12-15(14)2)13-20(3,4)25-17-10-18(26-19(17)21)28(23,24)16-8-6-5-7-9-16/h5-10H,11-13H2,1-4H3. The van der Waals surface area contributed by atoms with Crippen molar-refractivity contribution >= 4 is 32.0 Å². The topological polar surface area (TPSA) is 60.4 Å². The normalized spacial score (nSPS) is 26.8. The van der Waals surface area contributed by atoms with Crippen LogP contribution in [-0.4, -0.2) is 24.0 Å². The summed E-state index contributed by atoms with van der Waals surface area (Å²) in [7, 11) is -4.76. The number of benzene rings is 1. The van der Waals surface area contributed by atoms with Crippen molar-refractivity contribution in [2.24, 2.45) is 0 Å². The molecule has 0 radical (unpaired) electrons. The van der Waals surface area contributed by atoms with Gasteiger partial charge in [0.05, 0.1) is 14.5 Å². The van der Waals surface area contributed by atoms with Gasteiger partial charge in [-0.2, -0.15) is 0 Å². The fraction of sp³-hybridized carbons (Fsp3) is 0.429. The molecule has 1 aromatic heterocycles. The highest BCUT2D eigenvalue weighted by molar-refractivity contribution is 7.93. The van der Waals surface area contributed by atoms with E-state index in [1.54, 1.807) is 36.4 Å². The van der Waals surface area contributed by atoms with E-state index >= 15 is 0 Å². The van der Waals surface area contributed by atoms with Crippen LogP contribution in [0.4, 0.5) is 0 Å². The third kappa shape index (κ3) is 3.08. The zero-order valence-electron chi connectivity index (χ0n) is 16.4. The largest absolute Gasteiger partial charge is 0.487 e. The van der Waals surface area contributed by atoms with Crippen molar-refractivity contribution in [2.75, 3.05) is 5.75 Å². The Balaban J connectivity index is 1.90. The monoisotopic (exact) mass is 436 g/mol. The first kappa shape index (κ1) is 19.9. The van der Waals surface area contributed by atoms with Crippen LogP contribution in [0.1, 0.15) is 45.4 Å². The highest BCUT2D eigenvalue weighted by atomic mass is 32.2. The fourth-order valence-corrected chi connectivity index (χ4v) is 9.54. The predicted octanol–water partition coefficient (Wildman–Crippen LogP) is 4.83. The Labute approximate surface area is 173 Å². The molecule has 2 atom stereocenters. The van der Waals surface area contributed by atoms with Crippen LogP contribution in [0, 0.1) is 0 Å². The van der Waals surface area contributed by atoms with Crippen molar-refractivity contribution < 1.29 is 17.4 Å². The maximum absolute atomic E-state index is 13.4. The minimum Gasteiger partial charge on any atom is -0.487 e. The van der Waals surface area contributed by atoms with Gasteiger partial charge in [0.15, 0.2) is 0 Å². The lowest BCUT2D eigenvalue weighted by Gasteiger charge is -2.46. The van der Waals surface area contributed by atoms with Crippen LogP contribution in [0.2, 0.25) is 0 Å². The van der Waals surface area contributed by atoms with Crippen molar-refractivity contribution in [3.63, 3.8) is 0 Å². The minimum absolute atomic E-state index is 0.252. The Bertz CT molecular complexity index is 1090. The average molecular weight is 437 g/mol. The molecular weight excluding hydrogens is 412 g/mol. The third-order valence-corrected chi connectivity index (χ3v) is 11.3. The Morgan fingerprint density at radius 1 is 1.11 bits per heavy atom. The summed E-state index contributed by atoms with van der Waals surface area (Å²) < 4.78 is 45.5. The molecule has 2 aliphatic rings. The van der Waals surface area contributed by atoms with Crippen molar-refractivity contribution in [3.8, 4) is 5.75 Å².